The van der Waals surface area contributed by atoms with Crippen LogP contribution in [0.3, 0.4) is 0 Å². The fourth-order valence-corrected chi connectivity index (χ4v) is 7.02. The van der Waals surface area contributed by atoms with Crippen LogP contribution in [0, 0.1) is 0 Å². The number of benzene rings is 8. The van der Waals surface area contributed by atoms with Crippen LogP contribution < -0.4 is 0 Å². The second-order valence-corrected chi connectivity index (χ2v) is 13.1. The Kier molecular flexibility index (Phi) is 6.23. The van der Waals surface area contributed by atoms with E-state index in [1.54, 1.807) is 0 Å². The highest BCUT2D eigenvalue weighted by Crippen LogP contribution is 2.38. The van der Waals surface area contributed by atoms with Gasteiger partial charge in [-0.15, -0.1) is 0 Å². The van der Waals surface area contributed by atoms with Crippen LogP contribution in [-0.4, -0.2) is 19.5 Å². The number of para-hydroxylation sites is 2. The zero-order valence-electron chi connectivity index (χ0n) is 37.3. The molecule has 0 aliphatic heterocycles. The summed E-state index contributed by atoms with van der Waals surface area (Å²) >= 11 is 0. The molecule has 0 saturated carbocycles. The highest BCUT2D eigenvalue weighted by molar-refractivity contribution is 6.09. The van der Waals surface area contributed by atoms with Crippen LogP contribution in [0.4, 0.5) is 0 Å². The molecule has 0 atom stereocenters. The van der Waals surface area contributed by atoms with Gasteiger partial charge in [0, 0.05) is 27.5 Å². The number of hydrogen-bond acceptors (Lipinski definition) is 3. The molecule has 0 N–H and O–H groups in total. The molecule has 55 heavy (non-hydrogen) atoms. The van der Waals surface area contributed by atoms with E-state index in [0.717, 1.165) is 44.5 Å². The lowest BCUT2D eigenvalue weighted by molar-refractivity contribution is 1.06. The molecule has 2 aromatic heterocycles. The predicted molar refractivity (Wildman–Crippen MR) is 227 cm³/mol. The summed E-state index contributed by atoms with van der Waals surface area (Å²) < 4.78 is 73.0. The molecule has 0 aliphatic carbocycles. The third-order valence-corrected chi connectivity index (χ3v) is 9.76. The van der Waals surface area contributed by atoms with Gasteiger partial charge in [-0.25, -0.2) is 15.0 Å². The maximum Gasteiger partial charge on any atom is 0.166 e. The SMILES string of the molecule is [2H]c1c([2H])c([2H])c2c(c1[2H])c1c([2H])c([2H])c([2H])c([2H])c1n2-c1cc(-c2ccc(-c3ccc(-c4ccccc4)cc3)cc2)ccc1-c1nc(-c2ccccc2)nc(-c2ccccc2)n1. The van der Waals surface area contributed by atoms with Gasteiger partial charge in [0.05, 0.1) is 27.7 Å². The maximum atomic E-state index is 9.28. The first kappa shape index (κ1) is 24.7. The monoisotopic (exact) mass is 710 g/mol. The fraction of sp³-hybridized carbons (Fsp3) is 0. The van der Waals surface area contributed by atoms with Crippen molar-refractivity contribution in [3.8, 4) is 73.2 Å². The smallest absolute Gasteiger partial charge is 0.166 e. The van der Waals surface area contributed by atoms with Gasteiger partial charge in [-0.3, -0.25) is 0 Å². The standard InChI is InChI=1S/C51H34N4/c1-4-14-35(15-5-1)36-24-26-37(27-25-36)38-28-30-39(31-29-38)42-32-33-45(48(34-42)55-46-22-12-10-20-43(46)44-21-11-13-23-47(44)55)51-53-49(40-16-6-2-7-17-40)52-50(54-51)41-18-8-3-9-19-41/h1-34H/i10D,11D,12D,13D,20D,21D,22D,23D. The molecule has 10 aromatic rings. The fourth-order valence-electron chi connectivity index (χ4n) is 7.02. The lowest BCUT2D eigenvalue weighted by Gasteiger charge is -2.16. The second kappa shape index (κ2) is 13.8. The average molecular weight is 711 g/mol. The largest absolute Gasteiger partial charge is 0.308 e. The summed E-state index contributed by atoms with van der Waals surface area (Å²) in [5.41, 5.74) is 8.13. The molecule has 0 bridgehead atoms. The molecule has 0 fully saturated rings. The molecule has 0 radical (unpaired) electrons. The molecule has 258 valence electrons. The quantitative estimate of drug-likeness (QED) is 0.165. The highest BCUT2D eigenvalue weighted by atomic mass is 15.1. The van der Waals surface area contributed by atoms with E-state index >= 15 is 0 Å². The van der Waals surface area contributed by atoms with Crippen LogP contribution in [0.1, 0.15) is 11.0 Å². The highest BCUT2D eigenvalue weighted by Gasteiger charge is 2.20. The van der Waals surface area contributed by atoms with E-state index in [-0.39, 0.29) is 27.6 Å². The van der Waals surface area contributed by atoms with Crippen molar-refractivity contribution in [3.05, 3.63) is 206 Å². The van der Waals surface area contributed by atoms with Gasteiger partial charge in [-0.05, 0) is 57.6 Å². The summed E-state index contributed by atoms with van der Waals surface area (Å²) in [6.07, 6.45) is 0. The van der Waals surface area contributed by atoms with Gasteiger partial charge in [0.1, 0.15) is 0 Å². The Labute approximate surface area is 331 Å². The summed E-state index contributed by atoms with van der Waals surface area (Å²) in [7, 11) is 0. The third kappa shape index (κ3) is 6.06. The van der Waals surface area contributed by atoms with Crippen LogP contribution in [0.25, 0.3) is 95.0 Å². The van der Waals surface area contributed by atoms with Gasteiger partial charge in [0.2, 0.25) is 0 Å². The Morgan fingerprint density at radius 2 is 0.709 bits per heavy atom. The summed E-state index contributed by atoms with van der Waals surface area (Å²) in [5, 5.41) is -0.0415. The molecule has 0 amide bonds. The van der Waals surface area contributed by atoms with E-state index in [9.17, 15) is 2.74 Å². The van der Waals surface area contributed by atoms with Gasteiger partial charge in [-0.2, -0.15) is 0 Å². The van der Waals surface area contributed by atoms with Gasteiger partial charge < -0.3 is 4.57 Å². The molecule has 0 saturated heterocycles. The van der Waals surface area contributed by atoms with Crippen molar-refractivity contribution in [1.29, 1.82) is 0 Å². The lowest BCUT2D eigenvalue weighted by Crippen LogP contribution is -2.04. The van der Waals surface area contributed by atoms with E-state index in [4.69, 9.17) is 23.2 Å². The summed E-state index contributed by atoms with van der Waals surface area (Å²) in [6.45, 7) is 0. The maximum absolute atomic E-state index is 9.28. The van der Waals surface area contributed by atoms with E-state index in [1.807, 2.05) is 121 Å². The summed E-state index contributed by atoms with van der Waals surface area (Å²) in [6, 6.07) is 47.6. The minimum absolute atomic E-state index is 0.00341. The van der Waals surface area contributed by atoms with Crippen LogP contribution in [0.5, 0.6) is 0 Å². The minimum atomic E-state index is -0.514. The van der Waals surface area contributed by atoms with Gasteiger partial charge >= 0.3 is 0 Å². The zero-order valence-corrected chi connectivity index (χ0v) is 29.3. The topological polar surface area (TPSA) is 43.6 Å². The van der Waals surface area contributed by atoms with Crippen molar-refractivity contribution in [2.75, 3.05) is 0 Å². The van der Waals surface area contributed by atoms with E-state index in [1.165, 1.54) is 4.57 Å². The van der Waals surface area contributed by atoms with Gasteiger partial charge in [0.25, 0.3) is 0 Å². The zero-order chi connectivity index (χ0) is 43.5. The molecular weight excluding hydrogens is 669 g/mol. The molecule has 0 aliphatic rings. The Balaban J connectivity index is 1.24. The Morgan fingerprint density at radius 3 is 1.18 bits per heavy atom. The number of rotatable bonds is 7. The van der Waals surface area contributed by atoms with Crippen molar-refractivity contribution in [3.63, 3.8) is 0 Å². The normalized spacial score (nSPS) is 13.3. The van der Waals surface area contributed by atoms with Crippen molar-refractivity contribution < 1.29 is 11.0 Å². The molecule has 8 aromatic carbocycles. The van der Waals surface area contributed by atoms with Gasteiger partial charge in [-0.1, -0.05) is 182 Å². The molecule has 0 spiro atoms. The molecule has 10 rings (SSSR count). The van der Waals surface area contributed by atoms with E-state index < -0.39 is 48.3 Å². The van der Waals surface area contributed by atoms with Crippen LogP contribution in [0.2, 0.25) is 0 Å². The van der Waals surface area contributed by atoms with Crippen molar-refractivity contribution >= 4 is 21.8 Å². The van der Waals surface area contributed by atoms with Crippen molar-refractivity contribution in [2.24, 2.45) is 0 Å². The van der Waals surface area contributed by atoms with Crippen LogP contribution in [0.15, 0.2) is 206 Å². The summed E-state index contributed by atoms with van der Waals surface area (Å²) in [4.78, 5) is 14.9. The lowest BCUT2D eigenvalue weighted by atomic mass is 9.97. The van der Waals surface area contributed by atoms with E-state index in [2.05, 4.69) is 36.4 Å². The predicted octanol–water partition coefficient (Wildman–Crippen LogP) is 13.0. The number of hydrogen-bond donors (Lipinski definition) is 0. The molecule has 0 unspecified atom stereocenters. The van der Waals surface area contributed by atoms with Crippen LogP contribution in [-0.2, 0) is 0 Å². The third-order valence-electron chi connectivity index (χ3n) is 9.76. The molecular formula is C51H34N4. The Hall–Kier alpha value is -7.43. The van der Waals surface area contributed by atoms with Gasteiger partial charge in [0.15, 0.2) is 17.5 Å². The van der Waals surface area contributed by atoms with E-state index in [0.29, 0.717) is 22.9 Å². The number of nitrogens with zero attached hydrogens (tertiary/aromatic N) is 4. The van der Waals surface area contributed by atoms with Crippen molar-refractivity contribution in [2.45, 2.75) is 0 Å². The summed E-state index contributed by atoms with van der Waals surface area (Å²) in [5.74, 6) is 1.04. The first-order chi connectivity index (χ1) is 30.6. The average Bonchev–Trinajstić information content (AvgIpc) is 3.71. The molecule has 4 heteroatoms. The first-order valence-corrected chi connectivity index (χ1v) is 17.9. The van der Waals surface area contributed by atoms with Crippen LogP contribution >= 0.6 is 0 Å². The Morgan fingerprint density at radius 1 is 0.345 bits per heavy atom. The van der Waals surface area contributed by atoms with Crippen molar-refractivity contribution in [1.82, 2.24) is 19.5 Å². The minimum Gasteiger partial charge on any atom is -0.308 e. The number of fused-ring (bicyclic) bond motifs is 3. The molecule has 4 nitrogen and oxygen atoms in total. The molecule has 2 heterocycles. The Bertz CT molecular complexity index is 3260. The number of aromatic nitrogens is 4. The second-order valence-electron chi connectivity index (χ2n) is 13.1. The first-order valence-electron chi connectivity index (χ1n) is 21.9.